The van der Waals surface area contributed by atoms with Gasteiger partial charge in [0.2, 0.25) is 0 Å². The molecule has 2 aliphatic rings. The molecule has 0 fully saturated rings. The summed E-state index contributed by atoms with van der Waals surface area (Å²) in [5, 5.41) is 2.85. The van der Waals surface area contributed by atoms with Crippen LogP contribution in [0.5, 0.6) is 0 Å². The molecule has 0 spiro atoms. The smallest absolute Gasteiger partial charge is 0.0361 e. The molecule has 3 aromatic rings. The van der Waals surface area contributed by atoms with Gasteiger partial charge >= 0.3 is 0 Å². The highest BCUT2D eigenvalue weighted by atomic mass is 32.1. The molecule has 1 heterocycles. The Balaban J connectivity index is 1.84. The molecule has 0 aliphatic heterocycles. The van der Waals surface area contributed by atoms with Crippen LogP contribution >= 0.6 is 11.3 Å². The van der Waals surface area contributed by atoms with Crippen LogP contribution in [0.3, 0.4) is 0 Å². The molecule has 0 N–H and O–H groups in total. The Morgan fingerprint density at radius 1 is 0.950 bits per heavy atom. The fraction of sp³-hybridized carbons (Fsp3) is 0.158. The van der Waals surface area contributed by atoms with Gasteiger partial charge in [0.05, 0.1) is 0 Å². The molecule has 20 heavy (non-hydrogen) atoms. The average Bonchev–Trinajstić information content (AvgIpc) is 3.02. The number of hydrogen-bond donors (Lipinski definition) is 0. The van der Waals surface area contributed by atoms with Gasteiger partial charge in [-0.25, -0.2) is 0 Å². The summed E-state index contributed by atoms with van der Waals surface area (Å²) in [6, 6.07) is 13.6. The second-order valence-corrected chi connectivity index (χ2v) is 6.82. The number of fused-ring (bicyclic) bond motifs is 5. The van der Waals surface area contributed by atoms with Crippen molar-refractivity contribution in [1.82, 2.24) is 0 Å². The lowest BCUT2D eigenvalue weighted by Crippen LogP contribution is -1.87. The third-order valence-electron chi connectivity index (χ3n) is 4.57. The molecule has 2 aliphatic carbocycles. The van der Waals surface area contributed by atoms with Crippen LogP contribution in [-0.2, 0) is 6.42 Å². The van der Waals surface area contributed by atoms with E-state index in [-0.39, 0.29) is 0 Å². The summed E-state index contributed by atoms with van der Waals surface area (Å²) in [4.78, 5) is 0. The Labute approximate surface area is 122 Å². The van der Waals surface area contributed by atoms with E-state index in [0.717, 1.165) is 6.42 Å². The van der Waals surface area contributed by atoms with Crippen molar-refractivity contribution in [2.45, 2.75) is 19.3 Å². The zero-order valence-electron chi connectivity index (χ0n) is 11.1. The van der Waals surface area contributed by atoms with Crippen molar-refractivity contribution in [3.8, 4) is 0 Å². The first kappa shape index (κ1) is 10.9. The highest BCUT2D eigenvalue weighted by Gasteiger charge is 2.22. The molecule has 0 nitrogen and oxygen atoms in total. The predicted octanol–water partition coefficient (Wildman–Crippen LogP) is 5.71. The summed E-state index contributed by atoms with van der Waals surface area (Å²) < 4.78 is 2.83. The van der Waals surface area contributed by atoms with Gasteiger partial charge in [-0.3, -0.25) is 0 Å². The minimum atomic E-state index is 1.16. The molecular formula is C19H14S. The average molecular weight is 274 g/mol. The fourth-order valence-corrected chi connectivity index (χ4v) is 4.75. The molecular weight excluding hydrogens is 260 g/mol. The lowest BCUT2D eigenvalue weighted by atomic mass is 9.98. The number of benzene rings is 2. The van der Waals surface area contributed by atoms with Crippen molar-refractivity contribution in [3.05, 3.63) is 65.3 Å². The Kier molecular flexibility index (Phi) is 2.08. The molecule has 1 heteroatoms. The number of allylic oxidation sites excluding steroid dienone is 4. The number of thiophene rings is 1. The van der Waals surface area contributed by atoms with Crippen LogP contribution in [0.2, 0.25) is 0 Å². The Morgan fingerprint density at radius 3 is 2.90 bits per heavy atom. The molecule has 5 rings (SSSR count). The quantitative estimate of drug-likeness (QED) is 0.492. The van der Waals surface area contributed by atoms with E-state index in [0.29, 0.717) is 0 Å². The first-order valence-electron chi connectivity index (χ1n) is 7.23. The number of hydrogen-bond acceptors (Lipinski definition) is 1. The SMILES string of the molecule is C1=CC2=C(CC1)Cc1cc3c(cc12)sc1ccccc13. The molecule has 0 atom stereocenters. The van der Waals surface area contributed by atoms with Gasteiger partial charge < -0.3 is 0 Å². The van der Waals surface area contributed by atoms with Crippen LogP contribution in [0.1, 0.15) is 24.0 Å². The zero-order chi connectivity index (χ0) is 13.1. The van der Waals surface area contributed by atoms with Crippen LogP contribution in [0, 0.1) is 0 Å². The van der Waals surface area contributed by atoms with Crippen molar-refractivity contribution >= 4 is 37.1 Å². The van der Waals surface area contributed by atoms with Crippen LogP contribution in [0.4, 0.5) is 0 Å². The third kappa shape index (κ3) is 1.36. The van der Waals surface area contributed by atoms with Crippen LogP contribution in [-0.4, -0.2) is 0 Å². The van der Waals surface area contributed by atoms with Crippen molar-refractivity contribution < 1.29 is 0 Å². The second-order valence-electron chi connectivity index (χ2n) is 5.74. The maximum absolute atomic E-state index is 2.44. The van der Waals surface area contributed by atoms with Gasteiger partial charge in [-0.05, 0) is 54.2 Å². The van der Waals surface area contributed by atoms with Gasteiger partial charge in [0.25, 0.3) is 0 Å². The highest BCUT2D eigenvalue weighted by molar-refractivity contribution is 7.25. The standard InChI is InChI=1S/C19H14S/c1-2-6-14-12(5-1)9-13-10-17-15-7-3-4-8-18(15)20-19(17)11-16(13)14/h2-4,6-8,10-11H,1,5,9H2. The van der Waals surface area contributed by atoms with Gasteiger partial charge in [0.15, 0.2) is 0 Å². The molecule has 1 aromatic heterocycles. The van der Waals surface area contributed by atoms with Crippen molar-refractivity contribution in [2.75, 3.05) is 0 Å². The van der Waals surface area contributed by atoms with E-state index in [1.54, 1.807) is 5.57 Å². The second kappa shape index (κ2) is 3.83. The van der Waals surface area contributed by atoms with Gasteiger partial charge in [-0.15, -0.1) is 11.3 Å². The van der Waals surface area contributed by atoms with E-state index in [1.807, 2.05) is 11.3 Å². The van der Waals surface area contributed by atoms with E-state index in [4.69, 9.17) is 0 Å². The van der Waals surface area contributed by atoms with Gasteiger partial charge in [0, 0.05) is 20.2 Å². The molecule has 0 saturated heterocycles. The van der Waals surface area contributed by atoms with E-state index in [2.05, 4.69) is 48.6 Å². The summed E-state index contributed by atoms with van der Waals surface area (Å²) in [6.45, 7) is 0. The first-order chi connectivity index (χ1) is 9.90. The van der Waals surface area contributed by atoms with Crippen molar-refractivity contribution in [1.29, 1.82) is 0 Å². The zero-order valence-corrected chi connectivity index (χ0v) is 12.0. The monoisotopic (exact) mass is 274 g/mol. The summed E-state index contributed by atoms with van der Waals surface area (Å²) in [7, 11) is 0. The van der Waals surface area contributed by atoms with Crippen LogP contribution in [0.15, 0.2) is 54.1 Å². The Bertz CT molecular complexity index is 921. The molecule has 0 radical (unpaired) electrons. The summed E-state index contributed by atoms with van der Waals surface area (Å²) in [6.07, 6.45) is 8.28. The largest absolute Gasteiger partial charge is 0.135 e. The van der Waals surface area contributed by atoms with E-state index < -0.39 is 0 Å². The predicted molar refractivity (Wildman–Crippen MR) is 88.3 cm³/mol. The van der Waals surface area contributed by atoms with E-state index >= 15 is 0 Å². The lowest BCUT2D eigenvalue weighted by molar-refractivity contribution is 0.935. The molecule has 0 saturated carbocycles. The summed E-state index contributed by atoms with van der Waals surface area (Å²) in [5.41, 5.74) is 6.16. The Morgan fingerprint density at radius 2 is 1.90 bits per heavy atom. The van der Waals surface area contributed by atoms with E-state index in [1.165, 1.54) is 49.7 Å². The minimum Gasteiger partial charge on any atom is -0.135 e. The fourth-order valence-electron chi connectivity index (χ4n) is 3.62. The first-order valence-corrected chi connectivity index (χ1v) is 8.05. The van der Waals surface area contributed by atoms with Crippen molar-refractivity contribution in [2.24, 2.45) is 0 Å². The van der Waals surface area contributed by atoms with Crippen LogP contribution < -0.4 is 0 Å². The summed E-state index contributed by atoms with van der Waals surface area (Å²) >= 11 is 1.92. The number of rotatable bonds is 0. The normalized spacial score (nSPS) is 17.0. The molecule has 0 unspecified atom stereocenters. The molecule has 0 bridgehead atoms. The molecule has 0 amide bonds. The lowest BCUT2D eigenvalue weighted by Gasteiger charge is -2.07. The molecule has 2 aromatic carbocycles. The highest BCUT2D eigenvalue weighted by Crippen LogP contribution is 2.43. The van der Waals surface area contributed by atoms with E-state index in [9.17, 15) is 0 Å². The maximum atomic E-state index is 2.44. The Hall–Kier alpha value is -1.86. The maximum Gasteiger partial charge on any atom is 0.0361 e. The third-order valence-corrected chi connectivity index (χ3v) is 5.71. The van der Waals surface area contributed by atoms with Gasteiger partial charge in [-0.2, -0.15) is 0 Å². The van der Waals surface area contributed by atoms with Crippen molar-refractivity contribution in [3.63, 3.8) is 0 Å². The summed E-state index contributed by atoms with van der Waals surface area (Å²) in [5.74, 6) is 0. The minimum absolute atomic E-state index is 1.16. The van der Waals surface area contributed by atoms with Gasteiger partial charge in [-0.1, -0.05) is 35.9 Å². The van der Waals surface area contributed by atoms with Crippen LogP contribution in [0.25, 0.3) is 25.7 Å². The topological polar surface area (TPSA) is 0 Å². The molecule has 96 valence electrons. The van der Waals surface area contributed by atoms with Gasteiger partial charge in [0.1, 0.15) is 0 Å².